The van der Waals surface area contributed by atoms with E-state index in [0.717, 1.165) is 12.8 Å². The Morgan fingerprint density at radius 1 is 1.21 bits per heavy atom. The topological polar surface area (TPSA) is 205 Å². The summed E-state index contributed by atoms with van der Waals surface area (Å²) in [7, 11) is -5.09. The molecular formula is C16H23NNa2O13S2. The molecule has 2 aliphatic carbocycles. The van der Waals surface area contributed by atoms with Crippen LogP contribution >= 0.6 is 12.3 Å². The molecule has 8 atom stereocenters. The van der Waals surface area contributed by atoms with Crippen LogP contribution < -0.4 is 69.7 Å². The maximum atomic E-state index is 12.3. The summed E-state index contributed by atoms with van der Waals surface area (Å²) in [5.41, 5.74) is 0. The summed E-state index contributed by atoms with van der Waals surface area (Å²) in [6.45, 7) is -0.903. The molecule has 3 rings (SSSR count). The second-order valence-corrected chi connectivity index (χ2v) is 9.05. The molecule has 2 bridgehead atoms. The Labute approximate surface area is 244 Å². The van der Waals surface area contributed by atoms with Crippen molar-refractivity contribution in [3.8, 4) is 0 Å². The molecule has 34 heavy (non-hydrogen) atoms. The number of hydrogen-bond acceptors (Lipinski definition) is 14. The van der Waals surface area contributed by atoms with Gasteiger partial charge in [0.15, 0.2) is 18.6 Å². The molecule has 1 heterocycles. The van der Waals surface area contributed by atoms with Crippen LogP contribution in [0.1, 0.15) is 12.8 Å². The van der Waals surface area contributed by atoms with E-state index in [2.05, 4.69) is 31.0 Å². The van der Waals surface area contributed by atoms with Crippen molar-refractivity contribution in [2.24, 2.45) is 17.8 Å². The van der Waals surface area contributed by atoms with E-state index in [1.54, 1.807) is 0 Å². The smallest absolute Gasteiger partial charge is 0.726 e. The molecule has 0 aromatic rings. The Balaban J connectivity index is 0.00000289. The van der Waals surface area contributed by atoms with Crippen molar-refractivity contribution in [3.05, 3.63) is 12.2 Å². The second-order valence-electron chi connectivity index (χ2n) is 7.53. The second kappa shape index (κ2) is 15.5. The Morgan fingerprint density at radius 3 is 2.53 bits per heavy atom. The normalized spacial score (nSPS) is 34.4. The molecule has 0 aromatic heterocycles. The Morgan fingerprint density at radius 2 is 1.94 bits per heavy atom. The quantitative estimate of drug-likeness (QED) is 0.0303. The van der Waals surface area contributed by atoms with E-state index in [4.69, 9.17) is 13.7 Å². The van der Waals surface area contributed by atoms with Crippen LogP contribution in [0.2, 0.25) is 0 Å². The van der Waals surface area contributed by atoms with E-state index in [1.165, 1.54) is 0 Å². The standard InChI is InChI=1S/C16H25NO13S2.2Na/c18-12-11(7-26-32(22,23)24)27-16(13(19)14(12)28-31-30-29-21)25-4-3-17-15(20)10-6-8-1-2-9(10)5-8;;/h1-2,8-14,16,18-19,21H,3-7H2,(H,17,20)(H,22,23,24);;/q;2*+1/p-2/t8-,9+,10?,11?,12?,13?,14?,16?;;/m0../s1. The number of ether oxygens (including phenoxy) is 2. The van der Waals surface area contributed by atoms with Crippen molar-refractivity contribution < 1.29 is 120 Å². The number of carbonyl (C=O) groups excluding carboxylic acids is 1. The Kier molecular flexibility index (Phi) is 15.1. The minimum Gasteiger partial charge on any atom is -0.726 e. The molecule has 1 amide bonds. The van der Waals surface area contributed by atoms with Gasteiger partial charge >= 0.3 is 59.1 Å². The molecule has 0 radical (unpaired) electrons. The summed E-state index contributed by atoms with van der Waals surface area (Å²) in [6, 6.07) is 0. The number of aliphatic hydroxyl groups excluding tert-OH is 2. The zero-order chi connectivity index (χ0) is 23.3. The molecule has 1 saturated carbocycles. The van der Waals surface area contributed by atoms with Gasteiger partial charge in [0.05, 0.1) is 13.2 Å². The third-order valence-corrected chi connectivity index (χ3v) is 6.36. The molecule has 184 valence electrons. The first-order chi connectivity index (χ1) is 15.2. The Hall–Kier alpha value is 1.11. The predicted molar refractivity (Wildman–Crippen MR) is 98.8 cm³/mol. The van der Waals surface area contributed by atoms with E-state index in [-0.39, 0.29) is 102 Å². The van der Waals surface area contributed by atoms with Crippen molar-refractivity contribution >= 4 is 28.6 Å². The van der Waals surface area contributed by atoms with Gasteiger partial charge in [-0.05, 0) is 24.7 Å². The molecule has 1 aliphatic heterocycles. The van der Waals surface area contributed by atoms with Crippen LogP contribution in [0.4, 0.5) is 0 Å². The zero-order valence-corrected chi connectivity index (χ0v) is 24.1. The summed E-state index contributed by atoms with van der Waals surface area (Å²) in [5, 5.41) is 36.3. The number of hydrogen-bond donors (Lipinski definition) is 3. The summed E-state index contributed by atoms with van der Waals surface area (Å²) >= 11 is -0.00200. The molecule has 18 heteroatoms. The van der Waals surface area contributed by atoms with Crippen LogP contribution in [0.5, 0.6) is 0 Å². The number of aliphatic hydroxyl groups is 2. The van der Waals surface area contributed by atoms with Crippen LogP contribution in [0, 0.1) is 17.8 Å². The fourth-order valence-corrected chi connectivity index (χ4v) is 4.75. The van der Waals surface area contributed by atoms with Crippen LogP contribution in [-0.2, 0) is 42.4 Å². The van der Waals surface area contributed by atoms with Gasteiger partial charge < -0.3 is 34.8 Å². The van der Waals surface area contributed by atoms with Gasteiger partial charge in [-0.1, -0.05) is 12.2 Å². The molecule has 14 nitrogen and oxygen atoms in total. The molecule has 0 aromatic carbocycles. The molecule has 3 N–H and O–H groups in total. The van der Waals surface area contributed by atoms with E-state index in [0.29, 0.717) is 5.92 Å². The molecule has 2 fully saturated rings. The van der Waals surface area contributed by atoms with Crippen LogP contribution in [0.15, 0.2) is 12.2 Å². The number of nitrogens with one attached hydrogen (secondary N) is 1. The average Bonchev–Trinajstić information content (AvgIpc) is 3.37. The number of amides is 1. The number of rotatable bonds is 12. The summed E-state index contributed by atoms with van der Waals surface area (Å²) in [6.07, 6.45) is -1.79. The first-order valence-corrected chi connectivity index (χ1v) is 11.7. The first kappa shape index (κ1) is 33.1. The van der Waals surface area contributed by atoms with Gasteiger partial charge in [0, 0.05) is 12.5 Å². The van der Waals surface area contributed by atoms with E-state index in [1.807, 2.05) is 0 Å². The van der Waals surface area contributed by atoms with E-state index >= 15 is 0 Å². The predicted octanol–water partition coefficient (Wildman–Crippen LogP) is -8.57. The van der Waals surface area contributed by atoms with Gasteiger partial charge in [-0.25, -0.2) is 8.42 Å². The van der Waals surface area contributed by atoms with Gasteiger partial charge in [0.1, 0.15) is 24.4 Å². The largest absolute Gasteiger partial charge is 1.00 e. The zero-order valence-electron chi connectivity index (χ0n) is 18.5. The third-order valence-electron chi connectivity index (χ3n) is 5.52. The maximum Gasteiger partial charge on any atom is 1.00 e. The minimum atomic E-state index is -5.09. The third kappa shape index (κ3) is 9.45. The average molecular weight is 547 g/mol. The fraction of sp³-hybridized carbons (Fsp3) is 0.812. The van der Waals surface area contributed by atoms with Crippen LogP contribution in [0.25, 0.3) is 0 Å². The number of allylic oxidation sites excluding steroid dienone is 2. The van der Waals surface area contributed by atoms with Gasteiger partial charge in [-0.15, -0.1) is 4.33 Å². The first-order valence-electron chi connectivity index (χ1n) is 9.67. The van der Waals surface area contributed by atoms with Crippen molar-refractivity contribution in [3.63, 3.8) is 0 Å². The summed E-state index contributed by atoms with van der Waals surface area (Å²) in [4.78, 5) is 12.3. The SMILES string of the molecule is O=C(NCCOC1OC(COS(=O)(=O)[O-])C(O)C(OSOO[O-])C1O)C1C[C@H]2C=C[C@@H]1C2.[Na+].[Na+]. The van der Waals surface area contributed by atoms with Gasteiger partial charge in [-0.3, -0.25) is 18.2 Å². The Bertz CT molecular complexity index is 776. The number of fused-ring (bicyclic) bond motifs is 2. The monoisotopic (exact) mass is 547 g/mol. The summed E-state index contributed by atoms with van der Waals surface area (Å²) in [5.74, 6) is 0.474. The fourth-order valence-electron chi connectivity index (χ4n) is 4.08. The molecule has 0 spiro atoms. The van der Waals surface area contributed by atoms with Crippen molar-refractivity contribution in [2.45, 2.75) is 43.5 Å². The van der Waals surface area contributed by atoms with E-state index < -0.39 is 47.7 Å². The van der Waals surface area contributed by atoms with Crippen molar-refractivity contribution in [2.75, 3.05) is 19.8 Å². The molecule has 3 aliphatic rings. The van der Waals surface area contributed by atoms with Crippen molar-refractivity contribution in [1.82, 2.24) is 5.32 Å². The van der Waals surface area contributed by atoms with Crippen LogP contribution in [-0.4, -0.2) is 79.6 Å². The molecule has 1 saturated heterocycles. The summed E-state index contributed by atoms with van der Waals surface area (Å²) < 4.78 is 55.8. The van der Waals surface area contributed by atoms with Crippen LogP contribution in [0.3, 0.4) is 0 Å². The van der Waals surface area contributed by atoms with Gasteiger partial charge in [0.25, 0.3) is 0 Å². The van der Waals surface area contributed by atoms with E-state index in [9.17, 15) is 33.2 Å². The maximum absolute atomic E-state index is 12.3. The van der Waals surface area contributed by atoms with Crippen molar-refractivity contribution in [1.29, 1.82) is 0 Å². The molecule has 6 unspecified atom stereocenters. The van der Waals surface area contributed by atoms with Gasteiger partial charge in [-0.2, -0.15) is 0 Å². The minimum absolute atomic E-state index is 0. The van der Waals surface area contributed by atoms with Gasteiger partial charge in [0.2, 0.25) is 16.3 Å². The number of carbonyl (C=O) groups is 1. The molecular weight excluding hydrogens is 524 g/mol.